The highest BCUT2D eigenvalue weighted by molar-refractivity contribution is 5.98. The minimum Gasteiger partial charge on any atom is -0.353 e. The number of nitrogens with one attached hydrogen (secondary N) is 2. The Hall–Kier alpha value is -3.19. The Labute approximate surface area is 177 Å². The second-order valence-electron chi connectivity index (χ2n) is 7.69. The molecule has 1 saturated heterocycles. The van der Waals surface area contributed by atoms with Crippen LogP contribution in [0.3, 0.4) is 0 Å². The SMILES string of the molecule is Cc1nn(C)c(C)c1CNC(=O)c1cccnc1N1CCN[C@@H](c2ccccc2)C1. The number of pyridine rings is 1. The van der Waals surface area contributed by atoms with Crippen molar-refractivity contribution in [1.29, 1.82) is 0 Å². The Kier molecular flexibility index (Phi) is 5.81. The van der Waals surface area contributed by atoms with Gasteiger partial charge in [-0.3, -0.25) is 9.48 Å². The van der Waals surface area contributed by atoms with E-state index in [2.05, 4.69) is 49.9 Å². The maximum Gasteiger partial charge on any atom is 0.255 e. The van der Waals surface area contributed by atoms with E-state index in [-0.39, 0.29) is 11.9 Å². The number of piperazine rings is 1. The number of benzene rings is 1. The van der Waals surface area contributed by atoms with Gasteiger partial charge < -0.3 is 15.5 Å². The van der Waals surface area contributed by atoms with Crippen LogP contribution in [0.4, 0.5) is 5.82 Å². The van der Waals surface area contributed by atoms with Crippen LogP contribution in [0.2, 0.25) is 0 Å². The van der Waals surface area contributed by atoms with E-state index in [1.165, 1.54) is 5.56 Å². The first-order valence-corrected chi connectivity index (χ1v) is 10.3. The summed E-state index contributed by atoms with van der Waals surface area (Å²) in [5.74, 6) is 0.618. The number of hydrogen-bond donors (Lipinski definition) is 2. The maximum atomic E-state index is 13.0. The number of nitrogens with zero attached hydrogens (tertiary/aromatic N) is 4. The second kappa shape index (κ2) is 8.67. The molecule has 1 aromatic carbocycles. The summed E-state index contributed by atoms with van der Waals surface area (Å²) in [5, 5.41) is 11.1. The Morgan fingerprint density at radius 2 is 2.00 bits per heavy atom. The Morgan fingerprint density at radius 3 is 2.73 bits per heavy atom. The molecular weight excluding hydrogens is 376 g/mol. The Morgan fingerprint density at radius 1 is 1.20 bits per heavy atom. The molecule has 156 valence electrons. The summed E-state index contributed by atoms with van der Waals surface area (Å²) in [6.45, 7) is 6.84. The van der Waals surface area contributed by atoms with Crippen molar-refractivity contribution in [3.63, 3.8) is 0 Å². The first kappa shape index (κ1) is 20.1. The Balaban J connectivity index is 1.51. The lowest BCUT2D eigenvalue weighted by Crippen LogP contribution is -2.46. The van der Waals surface area contributed by atoms with Crippen LogP contribution < -0.4 is 15.5 Å². The average molecular weight is 405 g/mol. The van der Waals surface area contributed by atoms with E-state index >= 15 is 0 Å². The zero-order valence-electron chi connectivity index (χ0n) is 17.7. The molecule has 0 radical (unpaired) electrons. The van der Waals surface area contributed by atoms with E-state index < -0.39 is 0 Å². The van der Waals surface area contributed by atoms with Gasteiger partial charge in [-0.25, -0.2) is 4.98 Å². The molecule has 7 heteroatoms. The van der Waals surface area contributed by atoms with Gasteiger partial charge in [-0.15, -0.1) is 0 Å². The predicted molar refractivity (Wildman–Crippen MR) is 117 cm³/mol. The van der Waals surface area contributed by atoms with Crippen molar-refractivity contribution in [2.24, 2.45) is 7.05 Å². The maximum absolute atomic E-state index is 13.0. The van der Waals surface area contributed by atoms with Gasteiger partial charge in [0.2, 0.25) is 0 Å². The molecule has 3 heterocycles. The molecule has 0 bridgehead atoms. The van der Waals surface area contributed by atoms with Gasteiger partial charge in [-0.2, -0.15) is 5.10 Å². The molecule has 0 spiro atoms. The summed E-state index contributed by atoms with van der Waals surface area (Å²) < 4.78 is 1.84. The fraction of sp³-hybridized carbons (Fsp3) is 0.348. The number of amides is 1. The highest BCUT2D eigenvalue weighted by Gasteiger charge is 2.25. The summed E-state index contributed by atoms with van der Waals surface area (Å²) in [4.78, 5) is 19.8. The molecule has 3 aromatic rings. The lowest BCUT2D eigenvalue weighted by Gasteiger charge is -2.35. The van der Waals surface area contributed by atoms with Crippen LogP contribution in [-0.4, -0.2) is 40.3 Å². The van der Waals surface area contributed by atoms with Gasteiger partial charge in [-0.05, 0) is 31.5 Å². The van der Waals surface area contributed by atoms with E-state index in [4.69, 9.17) is 0 Å². The van der Waals surface area contributed by atoms with Crippen molar-refractivity contribution >= 4 is 11.7 Å². The Bertz CT molecular complexity index is 1030. The molecular formula is C23H28N6O. The molecule has 2 N–H and O–H groups in total. The van der Waals surface area contributed by atoms with E-state index in [1.807, 2.05) is 43.8 Å². The molecule has 2 aromatic heterocycles. The third-order valence-electron chi connectivity index (χ3n) is 5.79. The fourth-order valence-electron chi connectivity index (χ4n) is 4.01. The number of carbonyl (C=O) groups is 1. The lowest BCUT2D eigenvalue weighted by atomic mass is 10.0. The third kappa shape index (κ3) is 4.07. The molecule has 1 aliphatic heterocycles. The average Bonchev–Trinajstić information content (AvgIpc) is 3.03. The molecule has 7 nitrogen and oxygen atoms in total. The van der Waals surface area contributed by atoms with E-state index in [1.54, 1.807) is 6.20 Å². The third-order valence-corrected chi connectivity index (χ3v) is 5.79. The summed E-state index contributed by atoms with van der Waals surface area (Å²) in [5.41, 5.74) is 4.90. The second-order valence-corrected chi connectivity index (χ2v) is 7.69. The lowest BCUT2D eigenvalue weighted by molar-refractivity contribution is 0.0951. The number of anilines is 1. The molecule has 0 saturated carbocycles. The zero-order valence-corrected chi connectivity index (χ0v) is 17.7. The van der Waals surface area contributed by atoms with Gasteiger partial charge in [0, 0.05) is 56.7 Å². The van der Waals surface area contributed by atoms with Crippen LogP contribution in [0, 0.1) is 13.8 Å². The smallest absolute Gasteiger partial charge is 0.255 e. The summed E-state index contributed by atoms with van der Waals surface area (Å²) in [6, 6.07) is 14.3. The fourth-order valence-corrected chi connectivity index (χ4v) is 4.01. The first-order chi connectivity index (χ1) is 14.5. The summed E-state index contributed by atoms with van der Waals surface area (Å²) >= 11 is 0. The van der Waals surface area contributed by atoms with Gasteiger partial charge in [0.05, 0.1) is 11.3 Å². The summed E-state index contributed by atoms with van der Waals surface area (Å²) in [7, 11) is 1.92. The minimum absolute atomic E-state index is 0.115. The van der Waals surface area contributed by atoms with Crippen LogP contribution in [0.5, 0.6) is 0 Å². The molecule has 1 atom stereocenters. The number of rotatable bonds is 5. The first-order valence-electron chi connectivity index (χ1n) is 10.3. The molecule has 0 unspecified atom stereocenters. The molecule has 4 rings (SSSR count). The number of hydrogen-bond acceptors (Lipinski definition) is 5. The highest BCUT2D eigenvalue weighted by atomic mass is 16.1. The van der Waals surface area contributed by atoms with Gasteiger partial charge in [-0.1, -0.05) is 30.3 Å². The standard InChI is InChI=1S/C23H28N6O/c1-16-20(17(2)28(3)27-16)14-26-23(30)19-10-7-11-25-22(19)29-13-12-24-21(15-29)18-8-5-4-6-9-18/h4-11,21,24H,12-15H2,1-3H3,(H,26,30)/t21-/m1/s1. The van der Waals surface area contributed by atoms with Crippen molar-refractivity contribution in [3.8, 4) is 0 Å². The van der Waals surface area contributed by atoms with E-state index in [0.717, 1.165) is 42.4 Å². The van der Waals surface area contributed by atoms with Crippen LogP contribution in [0.25, 0.3) is 0 Å². The van der Waals surface area contributed by atoms with Crippen molar-refractivity contribution in [2.75, 3.05) is 24.5 Å². The highest BCUT2D eigenvalue weighted by Crippen LogP contribution is 2.24. The topological polar surface area (TPSA) is 75.1 Å². The number of aromatic nitrogens is 3. The molecule has 1 fully saturated rings. The van der Waals surface area contributed by atoms with Crippen molar-refractivity contribution in [2.45, 2.75) is 26.4 Å². The van der Waals surface area contributed by atoms with Crippen LogP contribution in [0.15, 0.2) is 48.7 Å². The molecule has 0 aliphatic carbocycles. The van der Waals surface area contributed by atoms with Crippen LogP contribution in [0.1, 0.15) is 38.9 Å². The molecule has 30 heavy (non-hydrogen) atoms. The predicted octanol–water partition coefficient (Wildman–Crippen LogP) is 2.51. The van der Waals surface area contributed by atoms with Crippen LogP contribution >= 0.6 is 0 Å². The monoisotopic (exact) mass is 404 g/mol. The van der Waals surface area contributed by atoms with Crippen molar-refractivity contribution in [1.82, 2.24) is 25.4 Å². The largest absolute Gasteiger partial charge is 0.353 e. The van der Waals surface area contributed by atoms with E-state index in [0.29, 0.717) is 12.1 Å². The van der Waals surface area contributed by atoms with Gasteiger partial charge in [0.15, 0.2) is 0 Å². The van der Waals surface area contributed by atoms with Gasteiger partial charge >= 0.3 is 0 Å². The number of carbonyl (C=O) groups excluding carboxylic acids is 1. The molecule has 1 aliphatic rings. The minimum atomic E-state index is -0.115. The van der Waals surface area contributed by atoms with E-state index in [9.17, 15) is 4.79 Å². The molecule has 1 amide bonds. The van der Waals surface area contributed by atoms with Gasteiger partial charge in [0.25, 0.3) is 5.91 Å². The van der Waals surface area contributed by atoms with Crippen LogP contribution in [-0.2, 0) is 13.6 Å². The van der Waals surface area contributed by atoms with Crippen molar-refractivity contribution < 1.29 is 4.79 Å². The van der Waals surface area contributed by atoms with Gasteiger partial charge in [0.1, 0.15) is 5.82 Å². The van der Waals surface area contributed by atoms with Crippen molar-refractivity contribution in [3.05, 3.63) is 76.7 Å². The normalized spacial score (nSPS) is 16.5. The zero-order chi connectivity index (χ0) is 21.1. The summed E-state index contributed by atoms with van der Waals surface area (Å²) in [6.07, 6.45) is 1.75. The quantitative estimate of drug-likeness (QED) is 0.684. The number of aryl methyl sites for hydroxylation is 2.